The normalized spacial score (nSPS) is 14.9. The van der Waals surface area contributed by atoms with Gasteiger partial charge in [0, 0.05) is 23.5 Å². The number of rotatable bonds is 2. The van der Waals surface area contributed by atoms with Crippen molar-refractivity contribution in [1.29, 1.82) is 0 Å². The predicted octanol–water partition coefficient (Wildman–Crippen LogP) is 1.65. The highest BCUT2D eigenvalue weighted by Gasteiger charge is 2.34. The van der Waals surface area contributed by atoms with Crippen molar-refractivity contribution in [2.24, 2.45) is 0 Å². The molecule has 2 N–H and O–H groups in total. The van der Waals surface area contributed by atoms with E-state index in [9.17, 15) is 9.18 Å². The van der Waals surface area contributed by atoms with Crippen LogP contribution < -0.4 is 10.9 Å². The molecule has 1 aliphatic rings. The second kappa shape index (κ2) is 5.80. The molecule has 4 aromatic rings. The lowest BCUT2D eigenvalue weighted by Crippen LogP contribution is -2.29. The smallest absolute Gasteiger partial charge is 0.288 e. The lowest BCUT2D eigenvalue weighted by molar-refractivity contribution is 0.566. The number of aromatic nitrogens is 7. The largest absolute Gasteiger partial charge is 0.318 e. The molecular formula is C17H11FN8O. The molecule has 1 atom stereocenters. The van der Waals surface area contributed by atoms with Crippen LogP contribution in [0, 0.1) is 5.82 Å². The minimum atomic E-state index is -0.519. The number of hydrogen-bond donors (Lipinski definition) is 2. The number of H-pyrrole nitrogens is 1. The third-order valence-electron chi connectivity index (χ3n) is 4.39. The zero-order valence-corrected chi connectivity index (χ0v) is 13.7. The number of pyridine rings is 1. The molecule has 0 amide bonds. The first kappa shape index (κ1) is 15.3. The van der Waals surface area contributed by atoms with Crippen LogP contribution in [0.3, 0.4) is 0 Å². The zero-order valence-electron chi connectivity index (χ0n) is 13.7. The van der Waals surface area contributed by atoms with Crippen molar-refractivity contribution in [3.63, 3.8) is 0 Å². The van der Waals surface area contributed by atoms with Crippen molar-refractivity contribution in [3.8, 4) is 11.3 Å². The molecule has 10 heteroatoms. The van der Waals surface area contributed by atoms with Gasteiger partial charge in [-0.25, -0.2) is 9.49 Å². The molecule has 0 spiro atoms. The van der Waals surface area contributed by atoms with E-state index in [1.165, 1.54) is 12.1 Å². The number of aromatic amines is 1. The van der Waals surface area contributed by atoms with E-state index in [1.807, 2.05) is 6.07 Å². The van der Waals surface area contributed by atoms with Crippen molar-refractivity contribution < 1.29 is 4.39 Å². The Labute approximate surface area is 150 Å². The summed E-state index contributed by atoms with van der Waals surface area (Å²) in [7, 11) is 0. The maximum atomic E-state index is 13.4. The number of benzene rings is 1. The molecule has 0 aliphatic carbocycles. The number of tetrazole rings is 1. The maximum Gasteiger partial charge on any atom is 0.288 e. The van der Waals surface area contributed by atoms with E-state index >= 15 is 0 Å². The van der Waals surface area contributed by atoms with Crippen LogP contribution >= 0.6 is 0 Å². The minimum absolute atomic E-state index is 0.292. The first-order chi connectivity index (χ1) is 13.2. The van der Waals surface area contributed by atoms with Gasteiger partial charge in [-0.2, -0.15) is 9.78 Å². The first-order valence-corrected chi connectivity index (χ1v) is 8.05. The third kappa shape index (κ3) is 2.38. The molecular weight excluding hydrogens is 351 g/mol. The third-order valence-corrected chi connectivity index (χ3v) is 4.39. The van der Waals surface area contributed by atoms with Crippen LogP contribution in [-0.4, -0.2) is 35.4 Å². The van der Waals surface area contributed by atoms with Gasteiger partial charge in [-0.3, -0.25) is 9.78 Å². The van der Waals surface area contributed by atoms with Gasteiger partial charge in [0.2, 0.25) is 5.95 Å². The first-order valence-electron chi connectivity index (χ1n) is 8.05. The van der Waals surface area contributed by atoms with Crippen LogP contribution in [0.5, 0.6) is 0 Å². The fraction of sp³-hybridized carbons (Fsp3) is 0.0588. The van der Waals surface area contributed by atoms with E-state index in [1.54, 1.807) is 35.3 Å². The van der Waals surface area contributed by atoms with Crippen LogP contribution in [0.4, 0.5) is 16.0 Å². The standard InChI is InChI=1S/C17H11FN8O/c18-11-5-3-9(4-6-11)13-12-14(16(27)22-21-13)20-17-23-24-25-26(17)15(12)10-2-1-7-19-8-10/h1-8,15H,(H,22,27)(H,20,23,25). The van der Waals surface area contributed by atoms with Gasteiger partial charge in [-0.05, 0) is 46.3 Å². The van der Waals surface area contributed by atoms with Gasteiger partial charge in [0.25, 0.3) is 5.56 Å². The van der Waals surface area contributed by atoms with Gasteiger partial charge in [-0.15, -0.1) is 0 Å². The van der Waals surface area contributed by atoms with E-state index in [0.717, 1.165) is 5.56 Å². The fourth-order valence-corrected chi connectivity index (χ4v) is 3.21. The number of hydrogen-bond acceptors (Lipinski definition) is 7. The van der Waals surface area contributed by atoms with Crippen molar-refractivity contribution >= 4 is 11.6 Å². The van der Waals surface area contributed by atoms with Gasteiger partial charge in [0.05, 0.1) is 5.69 Å². The van der Waals surface area contributed by atoms with Crippen LogP contribution in [0.1, 0.15) is 17.2 Å². The van der Waals surface area contributed by atoms with Crippen LogP contribution in [0.25, 0.3) is 11.3 Å². The van der Waals surface area contributed by atoms with Gasteiger partial charge in [0.1, 0.15) is 17.5 Å². The summed E-state index contributed by atoms with van der Waals surface area (Å²) in [6.07, 6.45) is 3.34. The molecule has 9 nitrogen and oxygen atoms in total. The van der Waals surface area contributed by atoms with Crippen molar-refractivity contribution in [2.45, 2.75) is 6.04 Å². The molecule has 1 unspecified atom stereocenters. The SMILES string of the molecule is O=c1[nH]nc(-c2ccc(F)cc2)c2c1Nc1nnnn1C2c1cccnc1. The second-order valence-electron chi connectivity index (χ2n) is 5.96. The quantitative estimate of drug-likeness (QED) is 0.491. The summed E-state index contributed by atoms with van der Waals surface area (Å²) in [6, 6.07) is 9.03. The van der Waals surface area contributed by atoms with E-state index in [-0.39, 0.29) is 5.82 Å². The Morgan fingerprint density at radius 1 is 1.15 bits per heavy atom. The van der Waals surface area contributed by atoms with Gasteiger partial charge < -0.3 is 5.32 Å². The van der Waals surface area contributed by atoms with E-state index in [0.29, 0.717) is 28.5 Å². The molecule has 132 valence electrons. The molecule has 0 fully saturated rings. The second-order valence-corrected chi connectivity index (χ2v) is 5.96. The summed E-state index contributed by atoms with van der Waals surface area (Å²) in [5, 5.41) is 21.4. The van der Waals surface area contributed by atoms with Crippen molar-refractivity contribution in [3.05, 3.63) is 76.1 Å². The van der Waals surface area contributed by atoms with Gasteiger partial charge in [-0.1, -0.05) is 11.2 Å². The number of halogens is 1. The molecule has 1 aromatic carbocycles. The molecule has 27 heavy (non-hydrogen) atoms. The molecule has 0 saturated carbocycles. The Morgan fingerprint density at radius 3 is 2.78 bits per heavy atom. The maximum absolute atomic E-state index is 13.4. The van der Waals surface area contributed by atoms with Gasteiger partial charge in [0.15, 0.2) is 0 Å². The topological polar surface area (TPSA) is 114 Å². The summed E-state index contributed by atoms with van der Waals surface area (Å²) < 4.78 is 14.9. The molecule has 5 rings (SSSR count). The monoisotopic (exact) mass is 362 g/mol. The van der Waals surface area contributed by atoms with Crippen molar-refractivity contribution in [1.82, 2.24) is 35.4 Å². The fourth-order valence-electron chi connectivity index (χ4n) is 3.21. The average molecular weight is 362 g/mol. The molecule has 4 heterocycles. The lowest BCUT2D eigenvalue weighted by atomic mass is 9.93. The highest BCUT2D eigenvalue weighted by atomic mass is 19.1. The molecule has 3 aromatic heterocycles. The summed E-state index contributed by atoms with van der Waals surface area (Å²) in [5.74, 6) is -0.0279. The van der Waals surface area contributed by atoms with Gasteiger partial charge >= 0.3 is 0 Å². The predicted molar refractivity (Wildman–Crippen MR) is 92.8 cm³/mol. The molecule has 0 saturated heterocycles. The number of anilines is 2. The molecule has 0 radical (unpaired) electrons. The van der Waals surface area contributed by atoms with Crippen LogP contribution in [0.15, 0.2) is 53.6 Å². The van der Waals surface area contributed by atoms with E-state index in [4.69, 9.17) is 0 Å². The minimum Gasteiger partial charge on any atom is -0.318 e. The molecule has 1 aliphatic heterocycles. The Bertz CT molecular complexity index is 1190. The lowest BCUT2D eigenvalue weighted by Gasteiger charge is -2.27. The zero-order chi connectivity index (χ0) is 18.4. The molecule has 0 bridgehead atoms. The van der Waals surface area contributed by atoms with Crippen molar-refractivity contribution in [2.75, 3.05) is 5.32 Å². The summed E-state index contributed by atoms with van der Waals surface area (Å²) >= 11 is 0. The van der Waals surface area contributed by atoms with E-state index < -0.39 is 11.6 Å². The number of fused-ring (bicyclic) bond motifs is 2. The summed E-state index contributed by atoms with van der Waals surface area (Å²) in [4.78, 5) is 16.6. The highest BCUT2D eigenvalue weighted by molar-refractivity contribution is 5.75. The number of nitrogens with one attached hydrogen (secondary N) is 2. The summed E-state index contributed by atoms with van der Waals surface area (Å²) in [5.41, 5.74) is 2.39. The van der Waals surface area contributed by atoms with E-state index in [2.05, 4.69) is 36.0 Å². The number of nitrogens with zero attached hydrogens (tertiary/aromatic N) is 6. The van der Waals surface area contributed by atoms with Crippen LogP contribution in [-0.2, 0) is 0 Å². The Morgan fingerprint density at radius 2 is 2.00 bits per heavy atom. The summed E-state index contributed by atoms with van der Waals surface area (Å²) in [6.45, 7) is 0. The Hall–Kier alpha value is -3.95. The Balaban J connectivity index is 1.82. The Kier molecular flexibility index (Phi) is 3.29. The average Bonchev–Trinajstić information content (AvgIpc) is 3.17. The van der Waals surface area contributed by atoms with Crippen LogP contribution in [0.2, 0.25) is 0 Å². The highest BCUT2D eigenvalue weighted by Crippen LogP contribution is 2.40.